The molecule has 19 heavy (non-hydrogen) atoms. The van der Waals surface area contributed by atoms with Crippen LogP contribution in [0.25, 0.3) is 0 Å². The van der Waals surface area contributed by atoms with Crippen LogP contribution < -0.4 is 4.74 Å². The van der Waals surface area contributed by atoms with Gasteiger partial charge in [0.2, 0.25) is 0 Å². The van der Waals surface area contributed by atoms with Crippen LogP contribution in [0.1, 0.15) is 37.7 Å². The Kier molecular flexibility index (Phi) is 4.13. The number of ether oxygens (including phenoxy) is 1. The molecule has 3 nitrogen and oxygen atoms in total. The lowest BCUT2D eigenvalue weighted by Gasteiger charge is -2.34. The summed E-state index contributed by atoms with van der Waals surface area (Å²) in [4.78, 5) is 11.8. The fourth-order valence-corrected chi connectivity index (χ4v) is 3.37. The van der Waals surface area contributed by atoms with Crippen molar-refractivity contribution in [2.24, 2.45) is 0 Å². The van der Waals surface area contributed by atoms with Crippen molar-refractivity contribution in [1.82, 2.24) is 0 Å². The second-order valence-electron chi connectivity index (χ2n) is 4.89. The topological polar surface area (TPSA) is 46.5 Å². The number of methoxy groups -OCH3 is 1. The molecule has 1 aromatic rings. The highest BCUT2D eigenvalue weighted by Gasteiger charge is 2.43. The third-order valence-corrected chi connectivity index (χ3v) is 4.63. The summed E-state index contributed by atoms with van der Waals surface area (Å²) in [5.41, 5.74) is -0.393. The highest BCUT2D eigenvalue weighted by Crippen LogP contribution is 2.46. The molecule has 0 heterocycles. The first-order valence-corrected chi connectivity index (χ1v) is 7.08. The molecule has 1 aromatic carbocycles. The van der Waals surface area contributed by atoms with Gasteiger partial charge in [0.05, 0.1) is 17.0 Å². The molecule has 2 rings (SSSR count). The number of carboxylic acid groups (broad SMARTS) is 1. The Bertz CT molecular complexity index is 496. The number of benzene rings is 1. The monoisotopic (exact) mass is 330 g/mol. The molecule has 0 atom stereocenters. The summed E-state index contributed by atoms with van der Waals surface area (Å²) in [6.07, 6.45) is 3.90. The van der Waals surface area contributed by atoms with Crippen molar-refractivity contribution in [3.8, 4) is 5.75 Å². The predicted octanol–water partition coefficient (Wildman–Crippen LogP) is 3.88. The van der Waals surface area contributed by atoms with E-state index >= 15 is 0 Å². The van der Waals surface area contributed by atoms with Gasteiger partial charge < -0.3 is 9.84 Å². The normalized spacial score (nSPS) is 18.1. The summed E-state index contributed by atoms with van der Waals surface area (Å²) < 4.78 is 19.0. The third-order valence-electron chi connectivity index (χ3n) is 3.89. The fourth-order valence-electron chi connectivity index (χ4n) is 2.86. The highest BCUT2D eigenvalue weighted by atomic mass is 79.9. The maximum atomic E-state index is 13.6. The Morgan fingerprint density at radius 2 is 2.00 bits per heavy atom. The van der Waals surface area contributed by atoms with Crippen LogP contribution in [0, 0.1) is 5.82 Å². The van der Waals surface area contributed by atoms with E-state index in [1.54, 1.807) is 6.07 Å². The average molecular weight is 331 g/mol. The lowest BCUT2D eigenvalue weighted by molar-refractivity contribution is -0.145. The summed E-state index contributed by atoms with van der Waals surface area (Å²) in [5.74, 6) is -1.01. The largest absolute Gasteiger partial charge is 0.495 e. The Morgan fingerprint density at radius 3 is 2.53 bits per heavy atom. The number of hydrogen-bond donors (Lipinski definition) is 1. The quantitative estimate of drug-likeness (QED) is 0.914. The van der Waals surface area contributed by atoms with Gasteiger partial charge in [-0.1, -0.05) is 25.3 Å². The predicted molar refractivity (Wildman–Crippen MR) is 73.1 cm³/mol. The van der Waals surface area contributed by atoms with E-state index in [9.17, 15) is 14.3 Å². The smallest absolute Gasteiger partial charge is 0.314 e. The molecule has 1 fully saturated rings. The van der Waals surface area contributed by atoms with Gasteiger partial charge in [-0.3, -0.25) is 4.79 Å². The van der Waals surface area contributed by atoms with E-state index in [4.69, 9.17) is 4.74 Å². The maximum Gasteiger partial charge on any atom is 0.314 e. The highest BCUT2D eigenvalue weighted by molar-refractivity contribution is 9.10. The number of aliphatic carboxylic acids is 1. The molecule has 104 valence electrons. The zero-order valence-electron chi connectivity index (χ0n) is 10.7. The van der Waals surface area contributed by atoms with Crippen molar-refractivity contribution >= 4 is 21.9 Å². The lowest BCUT2D eigenvalue weighted by atomic mass is 9.69. The average Bonchev–Trinajstić information content (AvgIpc) is 2.42. The third kappa shape index (κ3) is 2.36. The molecular weight excluding hydrogens is 315 g/mol. The van der Waals surface area contributed by atoms with Crippen LogP contribution in [0.4, 0.5) is 4.39 Å². The van der Waals surface area contributed by atoms with Gasteiger partial charge in [-0.2, -0.15) is 0 Å². The van der Waals surface area contributed by atoms with Crippen LogP contribution >= 0.6 is 15.9 Å². The van der Waals surface area contributed by atoms with Gasteiger partial charge in [-0.15, -0.1) is 0 Å². The van der Waals surface area contributed by atoms with Gasteiger partial charge in [-0.05, 0) is 34.8 Å². The van der Waals surface area contributed by atoms with Crippen LogP contribution in [0.3, 0.4) is 0 Å². The van der Waals surface area contributed by atoms with Crippen molar-refractivity contribution in [3.63, 3.8) is 0 Å². The zero-order valence-corrected chi connectivity index (χ0v) is 12.3. The van der Waals surface area contributed by atoms with E-state index in [0.29, 0.717) is 24.2 Å². The SMILES string of the molecule is COc1c(C2(C(=O)O)CCCCC2)ccc(F)c1Br. The van der Waals surface area contributed by atoms with Gasteiger partial charge in [-0.25, -0.2) is 4.39 Å². The lowest BCUT2D eigenvalue weighted by Crippen LogP contribution is -2.38. The van der Waals surface area contributed by atoms with E-state index in [0.717, 1.165) is 19.3 Å². The zero-order chi connectivity index (χ0) is 14.0. The van der Waals surface area contributed by atoms with E-state index in [1.165, 1.54) is 13.2 Å². The van der Waals surface area contributed by atoms with Gasteiger partial charge in [0.1, 0.15) is 11.6 Å². The number of halogens is 2. The standard InChI is InChI=1S/C14H16BrFO3/c1-19-12-9(5-6-10(16)11(12)15)14(13(17)18)7-3-2-4-8-14/h5-6H,2-4,7-8H2,1H3,(H,17,18). The van der Waals surface area contributed by atoms with Crippen LogP contribution in [0.15, 0.2) is 16.6 Å². The summed E-state index contributed by atoms with van der Waals surface area (Å²) in [6.45, 7) is 0. The molecule has 0 amide bonds. The van der Waals surface area contributed by atoms with Gasteiger partial charge in [0.25, 0.3) is 0 Å². The number of rotatable bonds is 3. The Labute approximate surface area is 119 Å². The molecule has 0 spiro atoms. The minimum absolute atomic E-state index is 0.193. The molecule has 0 unspecified atom stereocenters. The number of hydrogen-bond acceptors (Lipinski definition) is 2. The van der Waals surface area contributed by atoms with Gasteiger partial charge >= 0.3 is 5.97 Å². The summed E-state index contributed by atoms with van der Waals surface area (Å²) in [6, 6.07) is 2.83. The van der Waals surface area contributed by atoms with Crippen LogP contribution in [-0.2, 0) is 10.2 Å². The van der Waals surface area contributed by atoms with E-state index in [2.05, 4.69) is 15.9 Å². The maximum absolute atomic E-state index is 13.6. The molecule has 5 heteroatoms. The molecule has 0 bridgehead atoms. The Balaban J connectivity index is 2.60. The van der Waals surface area contributed by atoms with E-state index in [-0.39, 0.29) is 4.47 Å². The number of carboxylic acids is 1. The summed E-state index contributed by atoms with van der Waals surface area (Å²) >= 11 is 3.14. The van der Waals surface area contributed by atoms with Crippen molar-refractivity contribution in [2.75, 3.05) is 7.11 Å². The summed E-state index contributed by atoms with van der Waals surface area (Å²) in [7, 11) is 1.43. The first-order valence-electron chi connectivity index (χ1n) is 6.29. The first-order chi connectivity index (χ1) is 9.03. The molecule has 0 saturated heterocycles. The van der Waals surface area contributed by atoms with Gasteiger partial charge in [0, 0.05) is 5.56 Å². The molecular formula is C14H16BrFO3. The molecule has 1 aliphatic rings. The molecule has 0 radical (unpaired) electrons. The molecule has 1 saturated carbocycles. The van der Waals surface area contributed by atoms with Gasteiger partial charge in [0.15, 0.2) is 0 Å². The Hall–Kier alpha value is -1.10. The van der Waals surface area contributed by atoms with E-state index < -0.39 is 17.2 Å². The van der Waals surface area contributed by atoms with Crippen LogP contribution in [0.5, 0.6) is 5.75 Å². The second-order valence-corrected chi connectivity index (χ2v) is 5.68. The molecule has 1 N–H and O–H groups in total. The fraction of sp³-hybridized carbons (Fsp3) is 0.500. The van der Waals surface area contributed by atoms with Crippen molar-refractivity contribution < 1.29 is 19.0 Å². The minimum Gasteiger partial charge on any atom is -0.495 e. The summed E-state index contributed by atoms with van der Waals surface area (Å²) in [5, 5.41) is 9.66. The van der Waals surface area contributed by atoms with Crippen LogP contribution in [-0.4, -0.2) is 18.2 Å². The molecule has 0 aromatic heterocycles. The van der Waals surface area contributed by atoms with Crippen molar-refractivity contribution in [1.29, 1.82) is 0 Å². The minimum atomic E-state index is -0.959. The Morgan fingerprint density at radius 1 is 1.37 bits per heavy atom. The number of carbonyl (C=O) groups is 1. The van der Waals surface area contributed by atoms with Crippen molar-refractivity contribution in [2.45, 2.75) is 37.5 Å². The van der Waals surface area contributed by atoms with Crippen LogP contribution in [0.2, 0.25) is 0 Å². The first kappa shape index (κ1) is 14.3. The van der Waals surface area contributed by atoms with Crippen molar-refractivity contribution in [3.05, 3.63) is 28.0 Å². The second kappa shape index (κ2) is 5.49. The molecule has 1 aliphatic carbocycles. The molecule has 0 aliphatic heterocycles. The van der Waals surface area contributed by atoms with E-state index in [1.807, 2.05) is 0 Å².